The molecule has 0 fully saturated rings. The highest BCUT2D eigenvalue weighted by Gasteiger charge is 2.20. The first kappa shape index (κ1) is 30.3. The number of hydrogen-bond acceptors (Lipinski definition) is 6. The number of carbonyl (C=O) groups excluding carboxylic acids is 3. The number of carbonyl (C=O) groups is 4. The Bertz CT molecular complexity index is 1080. The Kier molecular flexibility index (Phi) is 11.7. The molecule has 0 saturated heterocycles. The molecule has 1 aromatic carbocycles. The minimum absolute atomic E-state index is 0.144. The van der Waals surface area contributed by atoms with Gasteiger partial charge < -0.3 is 20.1 Å². The van der Waals surface area contributed by atoms with Crippen molar-refractivity contribution < 1.29 is 29.0 Å². The first-order chi connectivity index (χ1) is 17.9. The molecule has 0 aliphatic carbocycles. The van der Waals surface area contributed by atoms with E-state index in [9.17, 15) is 19.2 Å². The first-order valence-corrected chi connectivity index (χ1v) is 12.7. The highest BCUT2D eigenvalue weighted by molar-refractivity contribution is 5.85. The number of hydrogen-bond donors (Lipinski definition) is 3. The average Bonchev–Trinajstić information content (AvgIpc) is 2.80. The first-order valence-electron chi connectivity index (χ1n) is 12.7. The van der Waals surface area contributed by atoms with Crippen molar-refractivity contribution in [3.8, 4) is 0 Å². The Morgan fingerprint density at radius 3 is 2.42 bits per heavy atom. The van der Waals surface area contributed by atoms with Gasteiger partial charge in [0, 0.05) is 25.2 Å². The van der Waals surface area contributed by atoms with Crippen molar-refractivity contribution in [2.45, 2.75) is 71.4 Å². The smallest absolute Gasteiger partial charge is 0.413 e. The molecule has 3 N–H and O–H groups in total. The highest BCUT2D eigenvalue weighted by atomic mass is 16.6. The Morgan fingerprint density at radius 1 is 1.05 bits per heavy atom. The molecule has 2 aromatic rings. The summed E-state index contributed by atoms with van der Waals surface area (Å²) in [5.41, 5.74) is 1.32. The van der Waals surface area contributed by atoms with Gasteiger partial charge in [-0.2, -0.15) is 0 Å². The SMILES string of the molecule is CC(CC(=O)O)NC(=O)CN(CCc1ccccc1)C(=O)CCCc1ccnc(NC(=O)OC(C)(C)C)c1. The van der Waals surface area contributed by atoms with E-state index in [1.807, 2.05) is 36.4 Å². The number of aryl methyl sites for hydroxylation is 1. The van der Waals surface area contributed by atoms with Crippen LogP contribution >= 0.6 is 0 Å². The molecule has 3 amide bonds. The summed E-state index contributed by atoms with van der Waals surface area (Å²) in [6.45, 7) is 7.16. The number of nitrogens with zero attached hydrogens (tertiary/aromatic N) is 2. The second kappa shape index (κ2) is 14.7. The van der Waals surface area contributed by atoms with Crippen LogP contribution in [0.2, 0.25) is 0 Å². The standard InChI is InChI=1S/C28H38N4O6/c1-20(17-26(35)36)30-24(33)19-32(16-14-21-9-6-5-7-10-21)25(34)12-8-11-22-13-15-29-23(18-22)31-27(37)38-28(2,3)4/h5-7,9-10,13,15,18,20H,8,11-12,14,16-17,19H2,1-4H3,(H,30,33)(H,35,36)(H,29,31,37). The summed E-state index contributed by atoms with van der Waals surface area (Å²) in [5, 5.41) is 14.2. The van der Waals surface area contributed by atoms with Crippen molar-refractivity contribution in [2.75, 3.05) is 18.4 Å². The van der Waals surface area contributed by atoms with Crippen molar-refractivity contribution in [1.82, 2.24) is 15.2 Å². The molecule has 10 heteroatoms. The molecule has 0 radical (unpaired) electrons. The molecule has 10 nitrogen and oxygen atoms in total. The van der Waals surface area contributed by atoms with Crippen LogP contribution in [0.25, 0.3) is 0 Å². The van der Waals surface area contributed by atoms with E-state index in [1.165, 1.54) is 4.90 Å². The van der Waals surface area contributed by atoms with Gasteiger partial charge in [-0.1, -0.05) is 30.3 Å². The molecule has 38 heavy (non-hydrogen) atoms. The van der Waals surface area contributed by atoms with E-state index in [1.54, 1.807) is 40.0 Å². The average molecular weight is 527 g/mol. The van der Waals surface area contributed by atoms with Crippen LogP contribution in [-0.4, -0.2) is 63.6 Å². The van der Waals surface area contributed by atoms with E-state index >= 15 is 0 Å². The maximum atomic E-state index is 13.1. The largest absolute Gasteiger partial charge is 0.481 e. The van der Waals surface area contributed by atoms with Gasteiger partial charge in [0.05, 0.1) is 13.0 Å². The van der Waals surface area contributed by atoms with Crippen LogP contribution in [0.15, 0.2) is 48.7 Å². The molecule has 1 heterocycles. The summed E-state index contributed by atoms with van der Waals surface area (Å²) in [6.07, 6.45) is 2.72. The number of nitrogens with one attached hydrogen (secondary N) is 2. The Morgan fingerprint density at radius 2 is 1.76 bits per heavy atom. The van der Waals surface area contributed by atoms with Crippen LogP contribution < -0.4 is 10.6 Å². The zero-order valence-corrected chi connectivity index (χ0v) is 22.5. The van der Waals surface area contributed by atoms with E-state index in [2.05, 4.69) is 15.6 Å². The van der Waals surface area contributed by atoms with Gasteiger partial charge in [-0.3, -0.25) is 19.7 Å². The molecule has 0 aliphatic heterocycles. The van der Waals surface area contributed by atoms with Gasteiger partial charge in [0.25, 0.3) is 0 Å². The van der Waals surface area contributed by atoms with E-state index < -0.39 is 29.6 Å². The molecule has 0 bridgehead atoms. The Balaban J connectivity index is 1.94. The summed E-state index contributed by atoms with van der Waals surface area (Å²) in [5.74, 6) is -1.20. The molecule has 206 valence electrons. The summed E-state index contributed by atoms with van der Waals surface area (Å²) in [6, 6.07) is 12.7. The predicted octanol–water partition coefficient (Wildman–Crippen LogP) is 3.80. The third-order valence-corrected chi connectivity index (χ3v) is 5.40. The zero-order valence-electron chi connectivity index (χ0n) is 22.5. The number of anilines is 1. The second-order valence-corrected chi connectivity index (χ2v) is 10.1. The summed E-state index contributed by atoms with van der Waals surface area (Å²) < 4.78 is 5.25. The van der Waals surface area contributed by atoms with Crippen molar-refractivity contribution in [1.29, 1.82) is 0 Å². The van der Waals surface area contributed by atoms with Crippen molar-refractivity contribution >= 4 is 29.7 Å². The van der Waals surface area contributed by atoms with E-state index in [0.717, 1.165) is 11.1 Å². The van der Waals surface area contributed by atoms with E-state index in [-0.39, 0.29) is 25.3 Å². The highest BCUT2D eigenvalue weighted by Crippen LogP contribution is 2.14. The second-order valence-electron chi connectivity index (χ2n) is 10.1. The van der Waals surface area contributed by atoms with E-state index in [4.69, 9.17) is 9.84 Å². The number of pyridine rings is 1. The molecule has 0 aliphatic rings. The molecule has 0 saturated carbocycles. The number of aromatic nitrogens is 1. The van der Waals surface area contributed by atoms with Crippen molar-refractivity contribution in [2.24, 2.45) is 0 Å². The Labute approximate surface area is 223 Å². The quantitative estimate of drug-likeness (QED) is 0.361. The zero-order chi connectivity index (χ0) is 28.1. The normalized spacial score (nSPS) is 11.8. The van der Waals surface area contributed by atoms with Crippen molar-refractivity contribution in [3.05, 3.63) is 59.8 Å². The van der Waals surface area contributed by atoms with Gasteiger partial charge in [0.2, 0.25) is 11.8 Å². The van der Waals surface area contributed by atoms with Crippen LogP contribution in [0.1, 0.15) is 58.1 Å². The monoisotopic (exact) mass is 526 g/mol. The van der Waals surface area contributed by atoms with Crippen LogP contribution in [0.3, 0.4) is 0 Å². The number of ether oxygens (including phenoxy) is 1. The summed E-state index contributed by atoms with van der Waals surface area (Å²) in [7, 11) is 0. The van der Waals surface area contributed by atoms with Crippen molar-refractivity contribution in [3.63, 3.8) is 0 Å². The van der Waals surface area contributed by atoms with Crippen LogP contribution in [0.4, 0.5) is 10.6 Å². The molecule has 0 spiro atoms. The fourth-order valence-corrected chi connectivity index (χ4v) is 3.72. The van der Waals surface area contributed by atoms with Gasteiger partial charge in [0.15, 0.2) is 0 Å². The number of benzene rings is 1. The van der Waals surface area contributed by atoms with Gasteiger partial charge in [0.1, 0.15) is 11.4 Å². The lowest BCUT2D eigenvalue weighted by Crippen LogP contribution is -2.44. The number of carboxylic acids is 1. The lowest BCUT2D eigenvalue weighted by atomic mass is 10.1. The summed E-state index contributed by atoms with van der Waals surface area (Å²) >= 11 is 0. The van der Waals surface area contributed by atoms with Crippen LogP contribution in [0.5, 0.6) is 0 Å². The summed E-state index contributed by atoms with van der Waals surface area (Å²) in [4.78, 5) is 54.1. The maximum Gasteiger partial charge on any atom is 0.413 e. The molecular weight excluding hydrogens is 488 g/mol. The fraction of sp³-hybridized carbons (Fsp3) is 0.464. The number of aliphatic carboxylic acids is 1. The Hall–Kier alpha value is -3.95. The third-order valence-electron chi connectivity index (χ3n) is 5.40. The lowest BCUT2D eigenvalue weighted by molar-refractivity contribution is -0.139. The molecule has 1 aromatic heterocycles. The number of carboxylic acid groups (broad SMARTS) is 1. The van der Waals surface area contributed by atoms with Gasteiger partial charge in [-0.25, -0.2) is 9.78 Å². The molecular formula is C28H38N4O6. The minimum Gasteiger partial charge on any atom is -0.481 e. The maximum absolute atomic E-state index is 13.1. The van der Waals surface area contributed by atoms with E-state index in [0.29, 0.717) is 31.6 Å². The van der Waals surface area contributed by atoms with Crippen LogP contribution in [-0.2, 0) is 32.0 Å². The molecule has 2 rings (SSSR count). The topological polar surface area (TPSA) is 138 Å². The fourth-order valence-electron chi connectivity index (χ4n) is 3.72. The predicted molar refractivity (Wildman–Crippen MR) is 144 cm³/mol. The van der Waals surface area contributed by atoms with Crippen LogP contribution in [0, 0.1) is 0 Å². The molecule has 1 unspecified atom stereocenters. The van der Waals surface area contributed by atoms with Gasteiger partial charge >= 0.3 is 12.1 Å². The lowest BCUT2D eigenvalue weighted by Gasteiger charge is -2.23. The molecule has 1 atom stereocenters. The third kappa shape index (κ3) is 12.3. The number of amides is 3. The van der Waals surface area contributed by atoms with Gasteiger partial charge in [-0.15, -0.1) is 0 Å². The minimum atomic E-state index is -1.00. The van der Waals surface area contributed by atoms with Gasteiger partial charge in [-0.05, 0) is 70.2 Å². The number of rotatable bonds is 13.